The third kappa shape index (κ3) is 3.89. The molecule has 0 saturated carbocycles. The fourth-order valence-electron chi connectivity index (χ4n) is 3.63. The van der Waals surface area contributed by atoms with E-state index in [1.807, 2.05) is 24.3 Å². The quantitative estimate of drug-likeness (QED) is 0.524. The molecular formula is C23H19F2N5O. The molecule has 4 aromatic rings. The average molecular weight is 419 g/mol. The van der Waals surface area contributed by atoms with Crippen LogP contribution in [-0.4, -0.2) is 41.3 Å². The molecule has 31 heavy (non-hydrogen) atoms. The smallest absolute Gasteiger partial charge is 0.227 e. The van der Waals surface area contributed by atoms with Crippen molar-refractivity contribution in [2.75, 3.05) is 36.5 Å². The van der Waals surface area contributed by atoms with Gasteiger partial charge in [0.15, 0.2) is 0 Å². The number of hydrogen-bond acceptors (Lipinski definition) is 6. The van der Waals surface area contributed by atoms with Crippen LogP contribution in [0.1, 0.15) is 0 Å². The van der Waals surface area contributed by atoms with Crippen LogP contribution in [0.2, 0.25) is 0 Å². The molecule has 0 spiro atoms. The summed E-state index contributed by atoms with van der Waals surface area (Å²) in [6.45, 7) is 3.18. The van der Waals surface area contributed by atoms with Crippen molar-refractivity contribution in [1.29, 1.82) is 0 Å². The number of nitrogens with one attached hydrogen (secondary N) is 1. The van der Waals surface area contributed by atoms with Crippen LogP contribution in [0.25, 0.3) is 22.2 Å². The van der Waals surface area contributed by atoms with Gasteiger partial charge in [0.05, 0.1) is 18.8 Å². The average Bonchev–Trinajstić information content (AvgIpc) is 2.80. The first-order valence-corrected chi connectivity index (χ1v) is 9.95. The van der Waals surface area contributed by atoms with Gasteiger partial charge in [-0.2, -0.15) is 0 Å². The second kappa shape index (κ2) is 8.23. The monoisotopic (exact) mass is 419 g/mol. The first-order chi connectivity index (χ1) is 15.2. The summed E-state index contributed by atoms with van der Waals surface area (Å²) in [6, 6.07) is 13.4. The van der Waals surface area contributed by atoms with Gasteiger partial charge in [0.1, 0.15) is 22.8 Å². The molecule has 1 saturated heterocycles. The second-order valence-electron chi connectivity index (χ2n) is 7.16. The Morgan fingerprint density at radius 1 is 0.903 bits per heavy atom. The number of ether oxygens (including phenoxy) is 1. The second-order valence-corrected chi connectivity index (χ2v) is 7.16. The van der Waals surface area contributed by atoms with E-state index in [1.165, 1.54) is 24.4 Å². The van der Waals surface area contributed by atoms with Crippen molar-refractivity contribution in [3.8, 4) is 11.3 Å². The van der Waals surface area contributed by atoms with Gasteiger partial charge < -0.3 is 15.0 Å². The highest BCUT2D eigenvalue weighted by atomic mass is 19.1. The number of fused-ring (bicyclic) bond motifs is 1. The third-order valence-corrected chi connectivity index (χ3v) is 5.20. The first-order valence-electron chi connectivity index (χ1n) is 9.95. The number of anilines is 3. The summed E-state index contributed by atoms with van der Waals surface area (Å²) in [7, 11) is 0. The summed E-state index contributed by atoms with van der Waals surface area (Å²) in [5.74, 6) is -1.06. The summed E-state index contributed by atoms with van der Waals surface area (Å²) in [5.41, 5.74) is 2.23. The molecule has 0 atom stereocenters. The van der Waals surface area contributed by atoms with E-state index in [9.17, 15) is 8.78 Å². The lowest BCUT2D eigenvalue weighted by atomic mass is 10.1. The van der Waals surface area contributed by atoms with Crippen molar-refractivity contribution in [2.24, 2.45) is 0 Å². The Balaban J connectivity index is 1.46. The van der Waals surface area contributed by atoms with E-state index in [1.54, 1.807) is 12.3 Å². The van der Waals surface area contributed by atoms with E-state index in [4.69, 9.17) is 4.74 Å². The molecule has 0 unspecified atom stereocenters. The van der Waals surface area contributed by atoms with E-state index in [2.05, 4.69) is 25.2 Å². The maximum absolute atomic E-state index is 14.4. The van der Waals surface area contributed by atoms with Crippen LogP contribution in [0.15, 0.2) is 60.9 Å². The Labute approximate surface area is 177 Å². The van der Waals surface area contributed by atoms with Crippen molar-refractivity contribution in [2.45, 2.75) is 0 Å². The van der Waals surface area contributed by atoms with Gasteiger partial charge in [0.2, 0.25) is 5.95 Å². The lowest BCUT2D eigenvalue weighted by Crippen LogP contribution is -2.36. The molecule has 0 amide bonds. The number of hydrogen-bond donors (Lipinski definition) is 1. The topological polar surface area (TPSA) is 63.2 Å². The molecule has 1 fully saturated rings. The summed E-state index contributed by atoms with van der Waals surface area (Å²) >= 11 is 0. The number of rotatable bonds is 4. The predicted molar refractivity (Wildman–Crippen MR) is 115 cm³/mol. The lowest BCUT2D eigenvalue weighted by molar-refractivity contribution is 0.122. The molecule has 1 aliphatic heterocycles. The number of halogens is 2. The minimum absolute atomic E-state index is 0.140. The van der Waals surface area contributed by atoms with E-state index >= 15 is 0 Å². The van der Waals surface area contributed by atoms with E-state index < -0.39 is 11.6 Å². The van der Waals surface area contributed by atoms with E-state index in [0.717, 1.165) is 37.7 Å². The maximum Gasteiger partial charge on any atom is 0.227 e. The van der Waals surface area contributed by atoms with Crippen molar-refractivity contribution in [3.05, 3.63) is 72.6 Å². The van der Waals surface area contributed by atoms with Gasteiger partial charge in [0, 0.05) is 42.2 Å². The molecular weight excluding hydrogens is 400 g/mol. The molecule has 1 N–H and O–H groups in total. The normalized spacial score (nSPS) is 14.1. The van der Waals surface area contributed by atoms with Gasteiger partial charge in [-0.1, -0.05) is 6.07 Å². The van der Waals surface area contributed by atoms with E-state index in [-0.39, 0.29) is 11.3 Å². The number of aromatic nitrogens is 3. The predicted octanol–water partition coefficient (Wildman–Crippen LogP) is 4.55. The summed E-state index contributed by atoms with van der Waals surface area (Å²) in [5, 5.41) is 3.79. The van der Waals surface area contributed by atoms with Crippen LogP contribution in [0.3, 0.4) is 0 Å². The van der Waals surface area contributed by atoms with Crippen molar-refractivity contribution in [3.63, 3.8) is 0 Å². The molecule has 0 aliphatic carbocycles. The van der Waals surface area contributed by atoms with Crippen molar-refractivity contribution >= 4 is 28.2 Å². The lowest BCUT2D eigenvalue weighted by Gasteiger charge is -2.28. The zero-order valence-corrected chi connectivity index (χ0v) is 16.6. The van der Waals surface area contributed by atoms with Crippen LogP contribution in [0.5, 0.6) is 0 Å². The molecule has 2 aromatic heterocycles. The van der Waals surface area contributed by atoms with E-state index in [0.29, 0.717) is 16.9 Å². The summed E-state index contributed by atoms with van der Waals surface area (Å²) < 4.78 is 34.1. The largest absolute Gasteiger partial charge is 0.378 e. The maximum atomic E-state index is 14.4. The zero-order valence-electron chi connectivity index (χ0n) is 16.6. The number of nitrogens with zero attached hydrogens (tertiary/aromatic N) is 4. The highest BCUT2D eigenvalue weighted by Crippen LogP contribution is 2.30. The minimum Gasteiger partial charge on any atom is -0.378 e. The Morgan fingerprint density at radius 2 is 1.65 bits per heavy atom. The summed E-state index contributed by atoms with van der Waals surface area (Å²) in [4.78, 5) is 15.3. The van der Waals surface area contributed by atoms with Gasteiger partial charge >= 0.3 is 0 Å². The molecule has 0 bridgehead atoms. The molecule has 5 rings (SSSR count). The van der Waals surface area contributed by atoms with Crippen LogP contribution in [0.4, 0.5) is 26.1 Å². The molecule has 2 aromatic carbocycles. The highest BCUT2D eigenvalue weighted by Gasteiger charge is 2.17. The van der Waals surface area contributed by atoms with Crippen molar-refractivity contribution < 1.29 is 13.5 Å². The summed E-state index contributed by atoms with van der Waals surface area (Å²) in [6.07, 6.45) is 3.10. The molecule has 1 aliphatic rings. The Morgan fingerprint density at radius 3 is 2.39 bits per heavy atom. The number of pyridine rings is 1. The van der Waals surface area contributed by atoms with Gasteiger partial charge in [0.25, 0.3) is 0 Å². The standard InChI is InChI=1S/C23H19F2N5O/c24-18-2-1-3-19(25)20(18)22-21-15(8-9-26-22)14-27-23(29-21)28-16-4-6-17(7-5-16)30-10-12-31-13-11-30/h1-9,14H,10-13H2,(H,27,28,29). The molecule has 3 heterocycles. The zero-order chi connectivity index (χ0) is 21.2. The van der Waals surface area contributed by atoms with Crippen LogP contribution in [-0.2, 0) is 4.74 Å². The fraction of sp³-hybridized carbons (Fsp3) is 0.174. The third-order valence-electron chi connectivity index (χ3n) is 5.20. The Hall–Kier alpha value is -3.65. The van der Waals surface area contributed by atoms with Crippen LogP contribution in [0, 0.1) is 11.6 Å². The van der Waals surface area contributed by atoms with Gasteiger partial charge in [-0.05, 0) is 42.5 Å². The minimum atomic E-state index is -0.688. The van der Waals surface area contributed by atoms with Crippen LogP contribution >= 0.6 is 0 Å². The fourth-order valence-corrected chi connectivity index (χ4v) is 3.63. The number of morpholine rings is 1. The first kappa shape index (κ1) is 19.3. The van der Waals surface area contributed by atoms with Crippen molar-refractivity contribution in [1.82, 2.24) is 15.0 Å². The Kier molecular flexibility index (Phi) is 5.13. The van der Waals surface area contributed by atoms with Gasteiger partial charge in [-0.3, -0.25) is 4.98 Å². The van der Waals surface area contributed by atoms with Gasteiger partial charge in [-0.25, -0.2) is 18.7 Å². The molecule has 156 valence electrons. The Bertz CT molecular complexity index is 1210. The number of benzene rings is 2. The molecule has 8 heteroatoms. The van der Waals surface area contributed by atoms with Gasteiger partial charge in [-0.15, -0.1) is 0 Å². The SMILES string of the molecule is Fc1cccc(F)c1-c1nccc2cnc(Nc3ccc(N4CCOCC4)cc3)nc12. The molecule has 6 nitrogen and oxygen atoms in total. The molecule has 0 radical (unpaired) electrons. The van der Waals surface area contributed by atoms with Crippen LogP contribution < -0.4 is 10.2 Å². The highest BCUT2D eigenvalue weighted by molar-refractivity contribution is 5.91.